The van der Waals surface area contributed by atoms with Crippen molar-refractivity contribution in [2.45, 2.75) is 24.8 Å². The summed E-state index contributed by atoms with van der Waals surface area (Å²) in [6, 6.07) is 3.73. The average molecular weight is 165 g/mol. The molecule has 0 aliphatic heterocycles. The first-order chi connectivity index (χ1) is 5.76. The Labute approximate surface area is 70.6 Å². The number of rotatable bonds is 2. The van der Waals surface area contributed by atoms with Crippen molar-refractivity contribution in [3.8, 4) is 0 Å². The van der Waals surface area contributed by atoms with Crippen LogP contribution in [0.5, 0.6) is 0 Å². The number of aliphatic carboxylic acids is 1. The molecule has 1 N–H and O–H groups in total. The van der Waals surface area contributed by atoms with E-state index < -0.39 is 11.5 Å². The van der Waals surface area contributed by atoms with Crippen LogP contribution in [0.25, 0.3) is 0 Å². The number of hydrogen-bond donors (Lipinski definition) is 1. The fraction of sp³-hybridized carbons (Fsp3) is 0.444. The van der Waals surface area contributed by atoms with Crippen molar-refractivity contribution in [1.29, 1.82) is 0 Å². The highest BCUT2D eigenvalue weighted by Crippen LogP contribution is 2.39. The van der Waals surface area contributed by atoms with Crippen molar-refractivity contribution in [3.63, 3.8) is 0 Å². The van der Waals surface area contributed by atoms with E-state index in [2.05, 4.69) is 0 Å². The minimum absolute atomic E-state index is 0.622. The fourth-order valence-corrected chi connectivity index (χ4v) is 1.71. The summed E-state index contributed by atoms with van der Waals surface area (Å²) in [4.78, 5) is 11.0. The largest absolute Gasteiger partial charge is 0.479 e. The van der Waals surface area contributed by atoms with Crippen molar-refractivity contribution in [1.82, 2.24) is 4.57 Å². The molecule has 1 aromatic rings. The molecule has 1 saturated carbocycles. The van der Waals surface area contributed by atoms with Gasteiger partial charge in [-0.25, -0.2) is 4.79 Å². The summed E-state index contributed by atoms with van der Waals surface area (Å²) in [5, 5.41) is 9.03. The molecule has 2 rings (SSSR count). The summed E-state index contributed by atoms with van der Waals surface area (Å²) >= 11 is 0. The van der Waals surface area contributed by atoms with Crippen LogP contribution in [0.4, 0.5) is 0 Å². The first-order valence-electron chi connectivity index (χ1n) is 4.12. The number of nitrogens with zero attached hydrogens (tertiary/aromatic N) is 1. The van der Waals surface area contributed by atoms with Gasteiger partial charge in [0, 0.05) is 12.4 Å². The van der Waals surface area contributed by atoms with Crippen molar-refractivity contribution < 1.29 is 9.90 Å². The molecule has 0 amide bonds. The average Bonchev–Trinajstić information content (AvgIpc) is 2.35. The Morgan fingerprint density at radius 1 is 1.33 bits per heavy atom. The van der Waals surface area contributed by atoms with Crippen LogP contribution in [0.2, 0.25) is 0 Å². The summed E-state index contributed by atoms with van der Waals surface area (Å²) in [5.41, 5.74) is -0.622. The zero-order valence-electron chi connectivity index (χ0n) is 6.73. The number of carboxylic acid groups (broad SMARTS) is 1. The summed E-state index contributed by atoms with van der Waals surface area (Å²) < 4.78 is 1.80. The predicted octanol–water partition coefficient (Wildman–Crippen LogP) is 1.45. The van der Waals surface area contributed by atoms with E-state index in [-0.39, 0.29) is 0 Å². The van der Waals surface area contributed by atoms with Crippen molar-refractivity contribution in [2.24, 2.45) is 0 Å². The van der Waals surface area contributed by atoms with Gasteiger partial charge in [0.2, 0.25) is 0 Å². The number of aromatic nitrogens is 1. The molecule has 0 unspecified atom stereocenters. The molecule has 0 saturated heterocycles. The van der Waals surface area contributed by atoms with Gasteiger partial charge < -0.3 is 9.67 Å². The lowest BCUT2D eigenvalue weighted by atomic mass is 9.76. The SMILES string of the molecule is O=C(O)C1(n2cccc2)CCC1. The van der Waals surface area contributed by atoms with E-state index in [1.807, 2.05) is 24.5 Å². The van der Waals surface area contributed by atoms with Gasteiger partial charge in [0.1, 0.15) is 5.54 Å². The zero-order chi connectivity index (χ0) is 8.60. The second-order valence-electron chi connectivity index (χ2n) is 3.28. The molecule has 1 aliphatic rings. The maximum Gasteiger partial charge on any atom is 0.329 e. The van der Waals surface area contributed by atoms with E-state index in [0.717, 1.165) is 19.3 Å². The van der Waals surface area contributed by atoms with Gasteiger partial charge in [0.25, 0.3) is 0 Å². The molecule has 1 fully saturated rings. The van der Waals surface area contributed by atoms with Gasteiger partial charge in [-0.3, -0.25) is 0 Å². The molecule has 3 nitrogen and oxygen atoms in total. The van der Waals surface area contributed by atoms with Crippen molar-refractivity contribution >= 4 is 5.97 Å². The Balaban J connectivity index is 2.35. The van der Waals surface area contributed by atoms with Crippen LogP contribution in [-0.4, -0.2) is 15.6 Å². The molecular formula is C9H11NO2. The highest BCUT2D eigenvalue weighted by Gasteiger charge is 2.45. The van der Waals surface area contributed by atoms with Crippen LogP contribution >= 0.6 is 0 Å². The maximum absolute atomic E-state index is 11.0. The molecule has 1 heterocycles. The third-order valence-corrected chi connectivity index (χ3v) is 2.68. The third kappa shape index (κ3) is 0.793. The minimum atomic E-state index is -0.704. The summed E-state index contributed by atoms with van der Waals surface area (Å²) in [5.74, 6) is -0.704. The molecule has 1 aliphatic carbocycles. The summed E-state index contributed by atoms with van der Waals surface area (Å²) in [6.07, 6.45) is 6.19. The van der Waals surface area contributed by atoms with Gasteiger partial charge in [-0.05, 0) is 31.4 Å². The molecule has 12 heavy (non-hydrogen) atoms. The van der Waals surface area contributed by atoms with E-state index in [9.17, 15) is 4.79 Å². The second-order valence-corrected chi connectivity index (χ2v) is 3.28. The lowest BCUT2D eigenvalue weighted by Gasteiger charge is -2.39. The van der Waals surface area contributed by atoms with Crippen LogP contribution in [0, 0.1) is 0 Å². The molecule has 0 radical (unpaired) electrons. The molecule has 0 aromatic carbocycles. The number of hydrogen-bond acceptors (Lipinski definition) is 1. The standard InChI is InChI=1S/C9H11NO2/c11-8(12)9(4-3-5-9)10-6-1-2-7-10/h1-2,6-7H,3-5H2,(H,11,12). The Kier molecular flexibility index (Phi) is 1.46. The monoisotopic (exact) mass is 165 g/mol. The van der Waals surface area contributed by atoms with E-state index in [1.54, 1.807) is 4.57 Å². The Hall–Kier alpha value is -1.25. The lowest BCUT2D eigenvalue weighted by Crippen LogP contribution is -2.47. The van der Waals surface area contributed by atoms with Crippen LogP contribution in [0.15, 0.2) is 24.5 Å². The third-order valence-electron chi connectivity index (χ3n) is 2.68. The van der Waals surface area contributed by atoms with Gasteiger partial charge in [-0.1, -0.05) is 0 Å². The highest BCUT2D eigenvalue weighted by atomic mass is 16.4. The normalized spacial score (nSPS) is 20.0. The molecular weight excluding hydrogens is 154 g/mol. The van der Waals surface area contributed by atoms with Gasteiger partial charge in [0.05, 0.1) is 0 Å². The minimum Gasteiger partial charge on any atom is -0.479 e. The summed E-state index contributed by atoms with van der Waals surface area (Å²) in [7, 11) is 0. The predicted molar refractivity (Wildman–Crippen MR) is 43.9 cm³/mol. The molecule has 3 heteroatoms. The molecule has 64 valence electrons. The molecule has 0 bridgehead atoms. The zero-order valence-corrected chi connectivity index (χ0v) is 6.73. The van der Waals surface area contributed by atoms with Gasteiger partial charge in [-0.15, -0.1) is 0 Å². The van der Waals surface area contributed by atoms with Crippen molar-refractivity contribution in [3.05, 3.63) is 24.5 Å². The smallest absolute Gasteiger partial charge is 0.329 e. The Morgan fingerprint density at radius 2 is 1.92 bits per heavy atom. The maximum atomic E-state index is 11.0. The first-order valence-corrected chi connectivity index (χ1v) is 4.12. The number of carbonyl (C=O) groups is 1. The van der Waals surface area contributed by atoms with Crippen LogP contribution < -0.4 is 0 Å². The van der Waals surface area contributed by atoms with E-state index in [1.165, 1.54) is 0 Å². The topological polar surface area (TPSA) is 42.2 Å². The first kappa shape index (κ1) is 7.40. The van der Waals surface area contributed by atoms with Crippen LogP contribution in [-0.2, 0) is 10.3 Å². The molecule has 1 aromatic heterocycles. The number of carboxylic acids is 1. The van der Waals surface area contributed by atoms with Gasteiger partial charge >= 0.3 is 5.97 Å². The highest BCUT2D eigenvalue weighted by molar-refractivity contribution is 5.77. The van der Waals surface area contributed by atoms with Gasteiger partial charge in [0.15, 0.2) is 0 Å². The second kappa shape index (κ2) is 2.37. The Morgan fingerprint density at radius 3 is 2.25 bits per heavy atom. The molecule has 0 spiro atoms. The van der Waals surface area contributed by atoms with E-state index in [0.29, 0.717) is 0 Å². The Bertz CT molecular complexity index is 285. The van der Waals surface area contributed by atoms with Gasteiger partial charge in [-0.2, -0.15) is 0 Å². The molecule has 0 atom stereocenters. The van der Waals surface area contributed by atoms with E-state index in [4.69, 9.17) is 5.11 Å². The van der Waals surface area contributed by atoms with E-state index >= 15 is 0 Å². The lowest BCUT2D eigenvalue weighted by molar-refractivity contribution is -0.152. The quantitative estimate of drug-likeness (QED) is 0.720. The fourth-order valence-electron chi connectivity index (χ4n) is 1.71. The summed E-state index contributed by atoms with van der Waals surface area (Å²) in [6.45, 7) is 0. The van der Waals surface area contributed by atoms with Crippen LogP contribution in [0.1, 0.15) is 19.3 Å². The van der Waals surface area contributed by atoms with Crippen molar-refractivity contribution in [2.75, 3.05) is 0 Å². The van der Waals surface area contributed by atoms with Crippen LogP contribution in [0.3, 0.4) is 0 Å².